The molecule has 4 nitrogen and oxygen atoms in total. The first kappa shape index (κ1) is 11.6. The van der Waals surface area contributed by atoms with Gasteiger partial charge in [0.25, 0.3) is 0 Å². The number of carboxylic acids is 1. The molecule has 1 atom stereocenters. The van der Waals surface area contributed by atoms with Gasteiger partial charge in [0.15, 0.2) is 0 Å². The highest BCUT2D eigenvalue weighted by Gasteiger charge is 2.30. The molecule has 2 rings (SSSR count). The summed E-state index contributed by atoms with van der Waals surface area (Å²) >= 11 is 0. The van der Waals surface area contributed by atoms with Crippen molar-refractivity contribution in [2.24, 2.45) is 0 Å². The molecule has 0 saturated carbocycles. The fraction of sp³-hybridized carbons (Fsp3) is 0.385. The molecular weight excluding hydrogens is 218 g/mol. The molecule has 0 radical (unpaired) electrons. The van der Waals surface area contributed by atoms with Gasteiger partial charge in [0.2, 0.25) is 5.91 Å². The second-order valence-electron chi connectivity index (χ2n) is 4.22. The third kappa shape index (κ3) is 2.64. The van der Waals surface area contributed by atoms with E-state index in [1.54, 1.807) is 4.90 Å². The van der Waals surface area contributed by atoms with Crippen LogP contribution in [-0.4, -0.2) is 28.4 Å². The summed E-state index contributed by atoms with van der Waals surface area (Å²) in [5.74, 6) is -0.821. The van der Waals surface area contributed by atoms with E-state index >= 15 is 0 Å². The fourth-order valence-corrected chi connectivity index (χ4v) is 2.25. The molecule has 0 aromatic heterocycles. The first-order valence-corrected chi connectivity index (χ1v) is 5.74. The SMILES string of the molecule is O=C(O)C[C@H](c1ccccc1)N1CCCC1=O. The van der Waals surface area contributed by atoms with E-state index in [1.807, 2.05) is 30.3 Å². The number of aliphatic carboxylic acids is 1. The molecule has 17 heavy (non-hydrogen) atoms. The summed E-state index contributed by atoms with van der Waals surface area (Å²) in [6, 6.07) is 9.03. The zero-order valence-corrected chi connectivity index (χ0v) is 9.50. The van der Waals surface area contributed by atoms with Crippen LogP contribution < -0.4 is 0 Å². The molecule has 0 bridgehead atoms. The van der Waals surface area contributed by atoms with Gasteiger partial charge in [-0.25, -0.2) is 0 Å². The predicted octanol–water partition coefficient (Wildman–Crippen LogP) is 1.82. The maximum atomic E-state index is 11.7. The van der Waals surface area contributed by atoms with Crippen LogP contribution in [0.15, 0.2) is 30.3 Å². The molecule has 0 aliphatic carbocycles. The Morgan fingerprint density at radius 3 is 2.59 bits per heavy atom. The number of carbonyl (C=O) groups excluding carboxylic acids is 1. The van der Waals surface area contributed by atoms with E-state index in [1.165, 1.54) is 0 Å². The molecule has 1 aromatic carbocycles. The van der Waals surface area contributed by atoms with Crippen LogP contribution in [0.4, 0.5) is 0 Å². The van der Waals surface area contributed by atoms with Gasteiger partial charge >= 0.3 is 5.97 Å². The second kappa shape index (κ2) is 4.99. The summed E-state index contributed by atoms with van der Waals surface area (Å²) in [6.45, 7) is 0.658. The van der Waals surface area contributed by atoms with E-state index < -0.39 is 5.97 Å². The second-order valence-corrected chi connectivity index (χ2v) is 4.22. The summed E-state index contributed by atoms with van der Waals surface area (Å²) in [6.07, 6.45) is 1.32. The van der Waals surface area contributed by atoms with Crippen molar-refractivity contribution >= 4 is 11.9 Å². The number of likely N-dealkylation sites (tertiary alicyclic amines) is 1. The maximum Gasteiger partial charge on any atom is 0.305 e. The van der Waals surface area contributed by atoms with Crippen molar-refractivity contribution in [2.75, 3.05) is 6.54 Å². The summed E-state index contributed by atoms with van der Waals surface area (Å²) in [7, 11) is 0. The van der Waals surface area contributed by atoms with Gasteiger partial charge in [0, 0.05) is 13.0 Å². The monoisotopic (exact) mass is 233 g/mol. The summed E-state index contributed by atoms with van der Waals surface area (Å²) in [5.41, 5.74) is 0.894. The highest BCUT2D eigenvalue weighted by atomic mass is 16.4. The molecule has 0 spiro atoms. The van der Waals surface area contributed by atoms with Crippen LogP contribution in [0.1, 0.15) is 30.9 Å². The van der Waals surface area contributed by atoms with Crippen LogP contribution in [-0.2, 0) is 9.59 Å². The molecule has 1 aromatic rings. The van der Waals surface area contributed by atoms with Crippen molar-refractivity contribution in [3.05, 3.63) is 35.9 Å². The summed E-state index contributed by atoms with van der Waals surface area (Å²) in [4.78, 5) is 24.3. The molecule has 0 unspecified atom stereocenters. The number of hydrogen-bond acceptors (Lipinski definition) is 2. The first-order valence-electron chi connectivity index (χ1n) is 5.74. The number of benzene rings is 1. The van der Waals surface area contributed by atoms with Gasteiger partial charge in [0.05, 0.1) is 12.5 Å². The summed E-state index contributed by atoms with van der Waals surface area (Å²) in [5, 5.41) is 8.95. The van der Waals surface area contributed by atoms with Crippen molar-refractivity contribution in [3.8, 4) is 0 Å². The van der Waals surface area contributed by atoms with Crippen molar-refractivity contribution in [2.45, 2.75) is 25.3 Å². The Kier molecular flexibility index (Phi) is 3.42. The van der Waals surface area contributed by atoms with Crippen molar-refractivity contribution in [1.29, 1.82) is 0 Å². The van der Waals surface area contributed by atoms with Crippen LogP contribution >= 0.6 is 0 Å². The Bertz CT molecular complexity index is 416. The molecule has 4 heteroatoms. The topological polar surface area (TPSA) is 57.6 Å². The van der Waals surface area contributed by atoms with Gasteiger partial charge in [-0.2, -0.15) is 0 Å². The quantitative estimate of drug-likeness (QED) is 0.863. The van der Waals surface area contributed by atoms with Crippen LogP contribution in [0.5, 0.6) is 0 Å². The van der Waals surface area contributed by atoms with Gasteiger partial charge in [-0.3, -0.25) is 9.59 Å². The molecule has 90 valence electrons. The maximum absolute atomic E-state index is 11.7. The van der Waals surface area contributed by atoms with Crippen LogP contribution in [0.2, 0.25) is 0 Å². The van der Waals surface area contributed by atoms with Gasteiger partial charge < -0.3 is 10.0 Å². The molecule has 1 heterocycles. The van der Waals surface area contributed by atoms with E-state index in [-0.39, 0.29) is 18.4 Å². The number of carboxylic acid groups (broad SMARTS) is 1. The number of rotatable bonds is 4. The lowest BCUT2D eigenvalue weighted by Gasteiger charge is -2.26. The lowest BCUT2D eigenvalue weighted by atomic mass is 10.0. The molecule has 1 amide bonds. The van der Waals surface area contributed by atoms with Gasteiger partial charge in [0.1, 0.15) is 0 Å². The lowest BCUT2D eigenvalue weighted by Crippen LogP contribution is -2.31. The fourth-order valence-electron chi connectivity index (χ4n) is 2.25. The molecular formula is C13H15NO3. The Hall–Kier alpha value is -1.84. The smallest absolute Gasteiger partial charge is 0.305 e. The number of amides is 1. The zero-order chi connectivity index (χ0) is 12.3. The highest BCUT2D eigenvalue weighted by Crippen LogP contribution is 2.28. The number of carbonyl (C=O) groups is 2. The van der Waals surface area contributed by atoms with Crippen molar-refractivity contribution in [1.82, 2.24) is 4.90 Å². The third-order valence-electron chi connectivity index (χ3n) is 3.04. The average molecular weight is 233 g/mol. The Labute approximate surface area is 99.9 Å². The van der Waals surface area contributed by atoms with E-state index in [0.29, 0.717) is 13.0 Å². The average Bonchev–Trinajstić information content (AvgIpc) is 2.73. The third-order valence-corrected chi connectivity index (χ3v) is 3.04. The van der Waals surface area contributed by atoms with Crippen molar-refractivity contribution < 1.29 is 14.7 Å². The largest absolute Gasteiger partial charge is 0.481 e. The molecule has 1 saturated heterocycles. The normalized spacial score (nSPS) is 17.2. The van der Waals surface area contributed by atoms with E-state index in [4.69, 9.17) is 5.11 Å². The zero-order valence-electron chi connectivity index (χ0n) is 9.50. The predicted molar refractivity (Wildman–Crippen MR) is 62.4 cm³/mol. The minimum Gasteiger partial charge on any atom is -0.481 e. The number of hydrogen-bond donors (Lipinski definition) is 1. The van der Waals surface area contributed by atoms with Crippen LogP contribution in [0, 0.1) is 0 Å². The standard InChI is InChI=1S/C13H15NO3/c15-12-7-4-8-14(12)11(9-13(16)17)10-5-2-1-3-6-10/h1-3,5-6,11H,4,7-9H2,(H,16,17)/t11-/m1/s1. The highest BCUT2D eigenvalue weighted by molar-refractivity contribution is 5.79. The first-order chi connectivity index (χ1) is 8.18. The van der Waals surface area contributed by atoms with E-state index in [0.717, 1.165) is 12.0 Å². The minimum atomic E-state index is -0.876. The van der Waals surface area contributed by atoms with E-state index in [2.05, 4.69) is 0 Å². The van der Waals surface area contributed by atoms with Crippen molar-refractivity contribution in [3.63, 3.8) is 0 Å². The Balaban J connectivity index is 2.25. The van der Waals surface area contributed by atoms with Gasteiger partial charge in [-0.15, -0.1) is 0 Å². The van der Waals surface area contributed by atoms with Crippen LogP contribution in [0.3, 0.4) is 0 Å². The molecule has 1 fully saturated rings. The van der Waals surface area contributed by atoms with E-state index in [9.17, 15) is 9.59 Å². The lowest BCUT2D eigenvalue weighted by molar-refractivity contribution is -0.139. The molecule has 1 N–H and O–H groups in total. The Morgan fingerprint density at radius 1 is 1.35 bits per heavy atom. The Morgan fingerprint density at radius 2 is 2.06 bits per heavy atom. The van der Waals surface area contributed by atoms with Crippen LogP contribution in [0.25, 0.3) is 0 Å². The number of nitrogens with zero attached hydrogens (tertiary/aromatic N) is 1. The summed E-state index contributed by atoms with van der Waals surface area (Å²) < 4.78 is 0. The molecule has 1 aliphatic rings. The van der Waals surface area contributed by atoms with Gasteiger partial charge in [-0.05, 0) is 12.0 Å². The molecule has 1 aliphatic heterocycles. The minimum absolute atomic E-state index is 0.0320. The van der Waals surface area contributed by atoms with Gasteiger partial charge in [-0.1, -0.05) is 30.3 Å².